The molecule has 6 nitrogen and oxygen atoms in total. The fourth-order valence-corrected chi connectivity index (χ4v) is 2.74. The summed E-state index contributed by atoms with van der Waals surface area (Å²) < 4.78 is 5.89. The topological polar surface area (TPSA) is 78.9 Å². The van der Waals surface area contributed by atoms with Crippen LogP contribution in [0.5, 0.6) is 5.75 Å². The zero-order chi connectivity index (χ0) is 17.5. The maximum Gasteiger partial charge on any atom is 0.305 e. The molecule has 6 heteroatoms. The first-order valence-electron chi connectivity index (χ1n) is 8.41. The summed E-state index contributed by atoms with van der Waals surface area (Å²) in [4.78, 5) is 25.0. The summed E-state index contributed by atoms with van der Waals surface area (Å²) in [5, 5.41) is 11.8. The fraction of sp³-hybridized carbons (Fsp3) is 0.556. The summed E-state index contributed by atoms with van der Waals surface area (Å²) >= 11 is 0. The number of carboxylic acid groups (broad SMARTS) is 1. The number of carboxylic acids is 1. The van der Waals surface area contributed by atoms with E-state index in [1.807, 2.05) is 29.2 Å². The molecule has 1 fully saturated rings. The van der Waals surface area contributed by atoms with Gasteiger partial charge in [-0.1, -0.05) is 32.0 Å². The van der Waals surface area contributed by atoms with Crippen LogP contribution in [0.1, 0.15) is 32.3 Å². The van der Waals surface area contributed by atoms with E-state index in [9.17, 15) is 9.59 Å². The second-order valence-corrected chi connectivity index (χ2v) is 6.51. The van der Waals surface area contributed by atoms with Crippen LogP contribution in [0.15, 0.2) is 24.3 Å². The van der Waals surface area contributed by atoms with Crippen molar-refractivity contribution in [2.24, 2.45) is 5.92 Å². The second-order valence-electron chi connectivity index (χ2n) is 6.51. The average Bonchev–Trinajstić information content (AvgIpc) is 2.52. The molecule has 1 aliphatic heterocycles. The second kappa shape index (κ2) is 8.68. The van der Waals surface area contributed by atoms with Gasteiger partial charge < -0.3 is 15.2 Å². The van der Waals surface area contributed by atoms with Gasteiger partial charge in [0.2, 0.25) is 5.91 Å². The molecule has 1 aromatic rings. The lowest BCUT2D eigenvalue weighted by Crippen LogP contribution is -2.55. The summed E-state index contributed by atoms with van der Waals surface area (Å²) in [5.74, 6) is 0.187. The van der Waals surface area contributed by atoms with Crippen molar-refractivity contribution in [3.05, 3.63) is 29.8 Å². The molecular formula is C18H26N2O4. The van der Waals surface area contributed by atoms with Crippen LogP contribution in [-0.2, 0) is 16.1 Å². The molecule has 1 amide bonds. The Morgan fingerprint density at radius 1 is 1.42 bits per heavy atom. The fourth-order valence-electron chi connectivity index (χ4n) is 2.74. The molecule has 1 aliphatic rings. The molecule has 0 aliphatic carbocycles. The Balaban J connectivity index is 2.07. The third-order valence-corrected chi connectivity index (χ3v) is 4.11. The van der Waals surface area contributed by atoms with Crippen LogP contribution in [0.4, 0.5) is 0 Å². The Bertz CT molecular complexity index is 574. The Labute approximate surface area is 142 Å². The van der Waals surface area contributed by atoms with Gasteiger partial charge in [0.1, 0.15) is 11.8 Å². The van der Waals surface area contributed by atoms with Crippen LogP contribution in [0.3, 0.4) is 0 Å². The van der Waals surface area contributed by atoms with Gasteiger partial charge in [-0.15, -0.1) is 0 Å². The van der Waals surface area contributed by atoms with E-state index in [4.69, 9.17) is 9.84 Å². The molecule has 0 saturated carbocycles. The number of ether oxygens (including phenoxy) is 1. The van der Waals surface area contributed by atoms with Gasteiger partial charge in [0.25, 0.3) is 0 Å². The van der Waals surface area contributed by atoms with Crippen molar-refractivity contribution in [1.82, 2.24) is 10.2 Å². The third-order valence-electron chi connectivity index (χ3n) is 4.11. The van der Waals surface area contributed by atoms with E-state index in [1.165, 1.54) is 0 Å². The van der Waals surface area contributed by atoms with Gasteiger partial charge in [0, 0.05) is 25.2 Å². The number of aliphatic carboxylic acids is 1. The van der Waals surface area contributed by atoms with Crippen LogP contribution >= 0.6 is 0 Å². The summed E-state index contributed by atoms with van der Waals surface area (Å²) in [6.07, 6.45) is 0.782. The molecule has 0 spiro atoms. The van der Waals surface area contributed by atoms with Gasteiger partial charge in [-0.05, 0) is 18.4 Å². The van der Waals surface area contributed by atoms with E-state index in [0.29, 0.717) is 32.2 Å². The summed E-state index contributed by atoms with van der Waals surface area (Å²) in [5.41, 5.74) is 0.978. The standard InChI is InChI=1S/C18H26N2O4/c1-13(2)7-10-24-16-6-4-3-5-14(16)12-20-9-8-19-18(23)15(20)11-17(21)22/h3-6,13,15H,7-12H2,1-2H3,(H,19,23)(H,21,22). The molecule has 1 heterocycles. The van der Waals surface area contributed by atoms with Crippen LogP contribution in [0, 0.1) is 5.92 Å². The molecule has 0 radical (unpaired) electrons. The molecule has 1 saturated heterocycles. The van der Waals surface area contributed by atoms with E-state index in [0.717, 1.165) is 17.7 Å². The molecule has 24 heavy (non-hydrogen) atoms. The average molecular weight is 334 g/mol. The van der Waals surface area contributed by atoms with E-state index < -0.39 is 12.0 Å². The molecule has 1 atom stereocenters. The highest BCUT2D eigenvalue weighted by atomic mass is 16.5. The third kappa shape index (κ3) is 5.23. The van der Waals surface area contributed by atoms with Crippen molar-refractivity contribution in [1.29, 1.82) is 0 Å². The minimum atomic E-state index is -0.969. The number of carbonyl (C=O) groups excluding carboxylic acids is 1. The Morgan fingerprint density at radius 2 is 2.17 bits per heavy atom. The molecule has 132 valence electrons. The molecule has 0 aromatic heterocycles. The number of hydrogen-bond donors (Lipinski definition) is 2. The monoisotopic (exact) mass is 334 g/mol. The molecule has 1 aromatic carbocycles. The van der Waals surface area contributed by atoms with Crippen molar-refractivity contribution in [3.8, 4) is 5.75 Å². The smallest absolute Gasteiger partial charge is 0.305 e. The Kier molecular flexibility index (Phi) is 6.61. The number of para-hydroxylation sites is 1. The van der Waals surface area contributed by atoms with Crippen LogP contribution in [-0.4, -0.2) is 47.6 Å². The van der Waals surface area contributed by atoms with Gasteiger partial charge >= 0.3 is 5.97 Å². The predicted molar refractivity (Wildman–Crippen MR) is 90.9 cm³/mol. The largest absolute Gasteiger partial charge is 0.493 e. The molecular weight excluding hydrogens is 308 g/mol. The van der Waals surface area contributed by atoms with Gasteiger partial charge in [-0.25, -0.2) is 0 Å². The number of nitrogens with one attached hydrogen (secondary N) is 1. The zero-order valence-corrected chi connectivity index (χ0v) is 14.3. The number of nitrogens with zero attached hydrogens (tertiary/aromatic N) is 1. The SMILES string of the molecule is CC(C)CCOc1ccccc1CN1CCNC(=O)C1CC(=O)O. The zero-order valence-electron chi connectivity index (χ0n) is 14.3. The molecule has 2 rings (SSSR count). The molecule has 2 N–H and O–H groups in total. The highest BCUT2D eigenvalue weighted by Gasteiger charge is 2.31. The van der Waals surface area contributed by atoms with Crippen LogP contribution in [0.25, 0.3) is 0 Å². The minimum absolute atomic E-state index is 0.192. The maximum atomic E-state index is 12.0. The lowest BCUT2D eigenvalue weighted by molar-refractivity contribution is -0.143. The highest BCUT2D eigenvalue weighted by molar-refractivity contribution is 5.86. The number of piperazine rings is 1. The van der Waals surface area contributed by atoms with Gasteiger partial charge in [0.15, 0.2) is 0 Å². The number of rotatable bonds is 8. The van der Waals surface area contributed by atoms with Gasteiger partial charge in [-0.2, -0.15) is 0 Å². The molecule has 0 bridgehead atoms. The van der Waals surface area contributed by atoms with E-state index >= 15 is 0 Å². The first-order valence-corrected chi connectivity index (χ1v) is 8.41. The number of carbonyl (C=O) groups is 2. The number of amides is 1. The summed E-state index contributed by atoms with van der Waals surface area (Å²) in [6, 6.07) is 7.10. The normalized spacial score (nSPS) is 18.5. The van der Waals surface area contributed by atoms with E-state index in [2.05, 4.69) is 19.2 Å². The molecule has 1 unspecified atom stereocenters. The predicted octanol–water partition coefficient (Wildman–Crippen LogP) is 1.89. The van der Waals surface area contributed by atoms with Crippen LogP contribution in [0.2, 0.25) is 0 Å². The minimum Gasteiger partial charge on any atom is -0.493 e. The highest BCUT2D eigenvalue weighted by Crippen LogP contribution is 2.23. The van der Waals surface area contributed by atoms with Crippen molar-refractivity contribution in [2.45, 2.75) is 39.3 Å². The van der Waals surface area contributed by atoms with Crippen LogP contribution < -0.4 is 10.1 Å². The van der Waals surface area contributed by atoms with Crippen molar-refractivity contribution >= 4 is 11.9 Å². The van der Waals surface area contributed by atoms with Crippen molar-refractivity contribution in [2.75, 3.05) is 19.7 Å². The first kappa shape index (κ1) is 18.3. The van der Waals surface area contributed by atoms with Crippen molar-refractivity contribution in [3.63, 3.8) is 0 Å². The lowest BCUT2D eigenvalue weighted by Gasteiger charge is -2.34. The van der Waals surface area contributed by atoms with E-state index in [-0.39, 0.29) is 12.3 Å². The quantitative estimate of drug-likeness (QED) is 0.759. The summed E-state index contributed by atoms with van der Waals surface area (Å²) in [7, 11) is 0. The van der Waals surface area contributed by atoms with Gasteiger partial charge in [-0.3, -0.25) is 14.5 Å². The van der Waals surface area contributed by atoms with Crippen molar-refractivity contribution < 1.29 is 19.4 Å². The first-order chi connectivity index (χ1) is 11.5. The lowest BCUT2D eigenvalue weighted by atomic mass is 10.1. The Morgan fingerprint density at radius 3 is 2.88 bits per heavy atom. The Hall–Kier alpha value is -2.08. The summed E-state index contributed by atoms with van der Waals surface area (Å²) in [6.45, 7) is 6.61. The van der Waals surface area contributed by atoms with Gasteiger partial charge in [0.05, 0.1) is 13.0 Å². The number of benzene rings is 1. The maximum absolute atomic E-state index is 12.0. The van der Waals surface area contributed by atoms with E-state index in [1.54, 1.807) is 0 Å². The number of hydrogen-bond acceptors (Lipinski definition) is 4.